The number of aliphatic carboxylic acids is 1. The molecule has 16 heavy (non-hydrogen) atoms. The Kier molecular flexibility index (Phi) is 3.98. The van der Waals surface area contributed by atoms with Gasteiger partial charge in [0, 0.05) is 18.9 Å². The largest absolute Gasteiger partial charge is 0.545 e. The molecule has 4 nitrogen and oxygen atoms in total. The molecule has 0 aliphatic heterocycles. The molecule has 1 aliphatic rings. The van der Waals surface area contributed by atoms with E-state index in [0.717, 1.165) is 0 Å². The summed E-state index contributed by atoms with van der Waals surface area (Å²) < 4.78 is 30.2. The number of halogens is 2. The highest BCUT2D eigenvalue weighted by atomic mass is 19.3. The Labute approximate surface area is 90.9 Å². The van der Waals surface area contributed by atoms with Crippen molar-refractivity contribution in [3.63, 3.8) is 0 Å². The Morgan fingerprint density at radius 2 is 1.81 bits per heavy atom. The standard InChI is InChI=1S/C10H12F2O4/c11-10(12)5-3-7(4-6-10)16-9(15)2-1-8(13)14/h1-2,7H,3-6H2,(H,13,14)/p-1/b2-1+. The lowest BCUT2D eigenvalue weighted by atomic mass is 9.94. The molecule has 0 N–H and O–H groups in total. The molecule has 0 aromatic carbocycles. The molecule has 0 aromatic heterocycles. The number of carbonyl (C=O) groups excluding carboxylic acids is 2. The van der Waals surface area contributed by atoms with E-state index in [1.807, 2.05) is 0 Å². The van der Waals surface area contributed by atoms with Crippen molar-refractivity contribution in [3.05, 3.63) is 12.2 Å². The molecule has 0 atom stereocenters. The molecule has 0 saturated heterocycles. The zero-order valence-electron chi connectivity index (χ0n) is 8.45. The van der Waals surface area contributed by atoms with Gasteiger partial charge in [-0.25, -0.2) is 13.6 Å². The van der Waals surface area contributed by atoms with Gasteiger partial charge >= 0.3 is 5.97 Å². The van der Waals surface area contributed by atoms with E-state index >= 15 is 0 Å². The maximum Gasteiger partial charge on any atom is 0.331 e. The molecule has 0 amide bonds. The predicted molar refractivity (Wildman–Crippen MR) is 47.4 cm³/mol. The average molecular weight is 233 g/mol. The van der Waals surface area contributed by atoms with Gasteiger partial charge in [0.25, 0.3) is 0 Å². The second-order valence-corrected chi connectivity index (χ2v) is 3.64. The Morgan fingerprint density at radius 1 is 1.25 bits per heavy atom. The van der Waals surface area contributed by atoms with E-state index in [2.05, 4.69) is 0 Å². The summed E-state index contributed by atoms with van der Waals surface area (Å²) in [5, 5.41) is 9.98. The summed E-state index contributed by atoms with van der Waals surface area (Å²) in [6.45, 7) is 0. The van der Waals surface area contributed by atoms with Crippen LogP contribution in [0.25, 0.3) is 0 Å². The number of ether oxygens (including phenoxy) is 1. The van der Waals surface area contributed by atoms with Crippen molar-refractivity contribution >= 4 is 11.9 Å². The summed E-state index contributed by atoms with van der Waals surface area (Å²) in [6.07, 6.45) is 0.264. The highest BCUT2D eigenvalue weighted by Gasteiger charge is 2.36. The van der Waals surface area contributed by atoms with Crippen molar-refractivity contribution in [2.45, 2.75) is 37.7 Å². The van der Waals surface area contributed by atoms with Crippen LogP contribution in [0.4, 0.5) is 8.78 Å². The highest BCUT2D eigenvalue weighted by molar-refractivity contribution is 5.89. The van der Waals surface area contributed by atoms with E-state index in [-0.39, 0.29) is 25.7 Å². The van der Waals surface area contributed by atoms with Crippen LogP contribution in [0.3, 0.4) is 0 Å². The van der Waals surface area contributed by atoms with Crippen LogP contribution in [0, 0.1) is 0 Å². The van der Waals surface area contributed by atoms with Gasteiger partial charge < -0.3 is 14.6 Å². The van der Waals surface area contributed by atoms with Crippen molar-refractivity contribution in [3.8, 4) is 0 Å². The molecule has 0 radical (unpaired) electrons. The Balaban J connectivity index is 2.34. The first kappa shape index (κ1) is 12.6. The van der Waals surface area contributed by atoms with Crippen molar-refractivity contribution in [1.29, 1.82) is 0 Å². The lowest BCUT2D eigenvalue weighted by molar-refractivity contribution is -0.297. The van der Waals surface area contributed by atoms with Crippen LogP contribution in [0.5, 0.6) is 0 Å². The molecular formula is C10H11F2O4-. The van der Waals surface area contributed by atoms with Crippen LogP contribution in [-0.4, -0.2) is 24.0 Å². The topological polar surface area (TPSA) is 66.4 Å². The van der Waals surface area contributed by atoms with Gasteiger partial charge in [-0.15, -0.1) is 0 Å². The van der Waals surface area contributed by atoms with E-state index < -0.39 is 24.0 Å². The van der Waals surface area contributed by atoms with Crippen LogP contribution in [0.15, 0.2) is 12.2 Å². The number of carboxylic acids is 1. The molecule has 1 fully saturated rings. The second kappa shape index (κ2) is 5.05. The van der Waals surface area contributed by atoms with Crippen LogP contribution in [0.1, 0.15) is 25.7 Å². The number of alkyl halides is 2. The molecular weight excluding hydrogens is 222 g/mol. The fraction of sp³-hybridized carbons (Fsp3) is 0.600. The minimum Gasteiger partial charge on any atom is -0.545 e. The first-order valence-corrected chi connectivity index (χ1v) is 4.86. The van der Waals surface area contributed by atoms with Crippen molar-refractivity contribution in [2.75, 3.05) is 0 Å². The predicted octanol–water partition coefficient (Wildman–Crippen LogP) is 0.414. The van der Waals surface area contributed by atoms with Gasteiger partial charge in [-0.1, -0.05) is 0 Å². The molecule has 0 heterocycles. The minimum atomic E-state index is -2.68. The van der Waals surface area contributed by atoms with E-state index in [0.29, 0.717) is 12.2 Å². The van der Waals surface area contributed by atoms with Crippen molar-refractivity contribution in [1.82, 2.24) is 0 Å². The van der Waals surface area contributed by atoms with E-state index in [1.165, 1.54) is 0 Å². The SMILES string of the molecule is O=C([O-])/C=C/C(=O)OC1CCC(F)(F)CC1. The molecule has 90 valence electrons. The molecule has 6 heteroatoms. The van der Waals surface area contributed by atoms with Gasteiger partial charge in [-0.2, -0.15) is 0 Å². The summed E-state index contributed by atoms with van der Waals surface area (Å²) in [5.41, 5.74) is 0. The smallest absolute Gasteiger partial charge is 0.331 e. The van der Waals surface area contributed by atoms with E-state index in [1.54, 1.807) is 0 Å². The number of carboxylic acid groups (broad SMARTS) is 1. The number of hydrogen-bond donors (Lipinski definition) is 0. The van der Waals surface area contributed by atoms with Crippen LogP contribution in [-0.2, 0) is 14.3 Å². The third-order valence-corrected chi connectivity index (χ3v) is 2.30. The number of rotatable bonds is 3. The zero-order valence-corrected chi connectivity index (χ0v) is 8.45. The molecule has 0 bridgehead atoms. The van der Waals surface area contributed by atoms with Crippen molar-refractivity contribution in [2.24, 2.45) is 0 Å². The van der Waals surface area contributed by atoms with E-state index in [9.17, 15) is 23.5 Å². The molecule has 1 rings (SSSR count). The van der Waals surface area contributed by atoms with Gasteiger partial charge in [0.1, 0.15) is 6.10 Å². The molecule has 0 unspecified atom stereocenters. The fourth-order valence-electron chi connectivity index (χ4n) is 1.47. The Bertz CT molecular complexity index is 302. The van der Waals surface area contributed by atoms with Crippen LogP contribution >= 0.6 is 0 Å². The number of carbonyl (C=O) groups is 2. The van der Waals surface area contributed by atoms with Gasteiger partial charge in [-0.3, -0.25) is 0 Å². The zero-order chi connectivity index (χ0) is 12.2. The van der Waals surface area contributed by atoms with Gasteiger partial charge in [0.2, 0.25) is 5.92 Å². The summed E-state index contributed by atoms with van der Waals surface area (Å²) in [4.78, 5) is 21.0. The summed E-state index contributed by atoms with van der Waals surface area (Å²) in [5.74, 6) is -5.03. The summed E-state index contributed by atoms with van der Waals surface area (Å²) in [6, 6.07) is 0. The minimum absolute atomic E-state index is 0.0951. The van der Waals surface area contributed by atoms with Crippen LogP contribution < -0.4 is 5.11 Å². The van der Waals surface area contributed by atoms with Crippen LogP contribution in [0.2, 0.25) is 0 Å². The molecule has 1 saturated carbocycles. The number of esters is 1. The Morgan fingerprint density at radius 3 is 2.31 bits per heavy atom. The Hall–Kier alpha value is -1.46. The van der Waals surface area contributed by atoms with Gasteiger partial charge in [0.15, 0.2) is 0 Å². The maximum absolute atomic E-state index is 12.7. The highest BCUT2D eigenvalue weighted by Crippen LogP contribution is 2.34. The third-order valence-electron chi connectivity index (χ3n) is 2.30. The number of hydrogen-bond acceptors (Lipinski definition) is 4. The maximum atomic E-state index is 12.7. The summed E-state index contributed by atoms with van der Waals surface area (Å²) >= 11 is 0. The lowest BCUT2D eigenvalue weighted by Gasteiger charge is -2.27. The summed E-state index contributed by atoms with van der Waals surface area (Å²) in [7, 11) is 0. The lowest BCUT2D eigenvalue weighted by Crippen LogP contribution is -2.30. The normalized spacial score (nSPS) is 20.9. The monoisotopic (exact) mass is 233 g/mol. The quantitative estimate of drug-likeness (QED) is 0.523. The fourth-order valence-corrected chi connectivity index (χ4v) is 1.47. The first-order chi connectivity index (χ1) is 7.39. The van der Waals surface area contributed by atoms with Gasteiger partial charge in [0.05, 0.1) is 5.97 Å². The van der Waals surface area contributed by atoms with Crippen molar-refractivity contribution < 1.29 is 28.2 Å². The van der Waals surface area contributed by atoms with E-state index in [4.69, 9.17) is 4.74 Å². The van der Waals surface area contributed by atoms with Gasteiger partial charge in [-0.05, 0) is 18.9 Å². The third kappa shape index (κ3) is 4.37. The second-order valence-electron chi connectivity index (χ2n) is 3.64. The molecule has 0 aromatic rings. The molecule has 0 spiro atoms. The molecule has 1 aliphatic carbocycles. The average Bonchev–Trinajstić information content (AvgIpc) is 2.18. The first-order valence-electron chi connectivity index (χ1n) is 4.86.